The molecule has 2 aromatic carbocycles. The Balaban J connectivity index is 1.45. The van der Waals surface area contributed by atoms with Crippen molar-refractivity contribution in [3.8, 4) is 0 Å². The maximum absolute atomic E-state index is 13.1. The SMILES string of the molecule is C[C@@H](Nc1nnnc2ccc(NC3CCN(C(=O)OC(C)(C)C)CC3)cc12)c1cccc(C(F)(F)F)c1. The van der Waals surface area contributed by atoms with Gasteiger partial charge in [0, 0.05) is 30.2 Å². The first kappa shape index (κ1) is 26.4. The van der Waals surface area contributed by atoms with Crippen LogP contribution in [0.1, 0.15) is 57.7 Å². The molecule has 2 N–H and O–H groups in total. The summed E-state index contributed by atoms with van der Waals surface area (Å²) < 4.78 is 44.9. The number of carbonyl (C=O) groups is 1. The fraction of sp³-hybridized carbons (Fsp3) is 0.462. The number of nitrogens with zero attached hydrogens (tertiary/aromatic N) is 4. The van der Waals surface area contributed by atoms with Gasteiger partial charge >= 0.3 is 12.3 Å². The normalized spacial score (nSPS) is 15.9. The highest BCUT2D eigenvalue weighted by molar-refractivity contribution is 5.91. The molecule has 0 aliphatic carbocycles. The van der Waals surface area contributed by atoms with Crippen molar-refractivity contribution in [2.45, 2.75) is 64.4 Å². The summed E-state index contributed by atoms with van der Waals surface area (Å²) in [5, 5.41) is 19.4. The van der Waals surface area contributed by atoms with Crippen LogP contribution in [0.3, 0.4) is 0 Å². The van der Waals surface area contributed by atoms with Crippen LogP contribution in [0.2, 0.25) is 0 Å². The highest BCUT2D eigenvalue weighted by atomic mass is 19.4. The summed E-state index contributed by atoms with van der Waals surface area (Å²) in [4.78, 5) is 14.0. The number of hydrogen-bond acceptors (Lipinski definition) is 7. The minimum absolute atomic E-state index is 0.166. The van der Waals surface area contributed by atoms with Crippen LogP contribution in [0.4, 0.5) is 29.5 Å². The Hall–Kier alpha value is -3.63. The topological polar surface area (TPSA) is 92.3 Å². The average Bonchev–Trinajstić information content (AvgIpc) is 2.83. The number of benzene rings is 2. The van der Waals surface area contributed by atoms with Gasteiger partial charge in [0.1, 0.15) is 5.60 Å². The molecule has 0 radical (unpaired) electrons. The third-order valence-electron chi connectivity index (χ3n) is 6.13. The number of piperidine rings is 1. The second-order valence-electron chi connectivity index (χ2n) is 10.2. The fourth-order valence-corrected chi connectivity index (χ4v) is 4.22. The predicted octanol–water partition coefficient (Wildman–Crippen LogP) is 6.03. The standard InChI is InChI=1S/C26H31F3N6O2/c1-16(17-6-5-7-18(14-17)26(27,28)29)30-23-21-15-20(8-9-22(21)32-34-33-23)31-19-10-12-35(13-11-19)24(36)37-25(2,3)4/h5-9,14-16,19,31H,10-13H2,1-4H3,(H,30,32,33)/t16-/m1/s1. The number of hydrogen-bond donors (Lipinski definition) is 2. The van der Waals surface area contributed by atoms with E-state index in [1.165, 1.54) is 6.07 Å². The maximum Gasteiger partial charge on any atom is 0.416 e. The maximum atomic E-state index is 13.1. The molecule has 4 rings (SSSR count). The lowest BCUT2D eigenvalue weighted by Gasteiger charge is -2.34. The number of anilines is 2. The number of likely N-dealkylation sites (tertiary alicyclic amines) is 1. The minimum Gasteiger partial charge on any atom is -0.444 e. The number of nitrogens with one attached hydrogen (secondary N) is 2. The molecule has 0 unspecified atom stereocenters. The van der Waals surface area contributed by atoms with Crippen LogP contribution in [0, 0.1) is 0 Å². The molecule has 1 amide bonds. The van der Waals surface area contributed by atoms with Gasteiger partial charge in [-0.05, 0) is 81.6 Å². The van der Waals surface area contributed by atoms with Crippen LogP contribution in [0.15, 0.2) is 42.5 Å². The van der Waals surface area contributed by atoms with Crippen molar-refractivity contribution in [3.63, 3.8) is 0 Å². The van der Waals surface area contributed by atoms with Crippen molar-refractivity contribution in [2.24, 2.45) is 0 Å². The number of halogens is 3. The Bertz CT molecular complexity index is 1250. The molecule has 3 aromatic rings. The highest BCUT2D eigenvalue weighted by Crippen LogP contribution is 2.32. The number of alkyl halides is 3. The average molecular weight is 517 g/mol. The van der Waals surface area contributed by atoms with Crippen molar-refractivity contribution >= 4 is 28.5 Å². The van der Waals surface area contributed by atoms with Crippen molar-refractivity contribution < 1.29 is 22.7 Å². The lowest BCUT2D eigenvalue weighted by molar-refractivity contribution is -0.137. The van der Waals surface area contributed by atoms with Gasteiger partial charge in [0.15, 0.2) is 5.82 Å². The van der Waals surface area contributed by atoms with Crippen molar-refractivity contribution in [1.29, 1.82) is 0 Å². The summed E-state index contributed by atoms with van der Waals surface area (Å²) >= 11 is 0. The third kappa shape index (κ3) is 6.78. The molecule has 1 aliphatic heterocycles. The number of aromatic nitrogens is 3. The van der Waals surface area contributed by atoms with Crippen molar-refractivity contribution in [3.05, 3.63) is 53.6 Å². The Morgan fingerprint density at radius 1 is 1.08 bits per heavy atom. The van der Waals surface area contributed by atoms with Crippen LogP contribution in [0.25, 0.3) is 10.9 Å². The van der Waals surface area contributed by atoms with Crippen molar-refractivity contribution in [2.75, 3.05) is 23.7 Å². The monoisotopic (exact) mass is 516 g/mol. The van der Waals surface area contributed by atoms with E-state index >= 15 is 0 Å². The van der Waals surface area contributed by atoms with E-state index in [1.54, 1.807) is 17.9 Å². The van der Waals surface area contributed by atoms with Gasteiger partial charge in [-0.15, -0.1) is 10.2 Å². The van der Waals surface area contributed by atoms with E-state index in [0.29, 0.717) is 35.4 Å². The lowest BCUT2D eigenvalue weighted by Crippen LogP contribution is -2.44. The van der Waals surface area contributed by atoms with E-state index in [1.807, 2.05) is 39.0 Å². The summed E-state index contributed by atoms with van der Waals surface area (Å²) in [6, 6.07) is 10.6. The number of fused-ring (bicyclic) bond motifs is 1. The summed E-state index contributed by atoms with van der Waals surface area (Å²) in [5.74, 6) is 0.429. The largest absolute Gasteiger partial charge is 0.444 e. The molecule has 1 fully saturated rings. The quantitative estimate of drug-likeness (QED) is 0.428. The van der Waals surface area contributed by atoms with Crippen LogP contribution < -0.4 is 10.6 Å². The van der Waals surface area contributed by atoms with E-state index in [4.69, 9.17) is 4.74 Å². The molecule has 2 heterocycles. The Morgan fingerprint density at radius 3 is 2.49 bits per heavy atom. The predicted molar refractivity (Wildman–Crippen MR) is 135 cm³/mol. The number of amides is 1. The Kier molecular flexibility index (Phi) is 7.42. The zero-order valence-electron chi connectivity index (χ0n) is 21.3. The molecule has 1 aliphatic rings. The summed E-state index contributed by atoms with van der Waals surface area (Å²) in [6.07, 6.45) is -3.18. The number of carbonyl (C=O) groups excluding carboxylic acids is 1. The Labute approximate surface area is 213 Å². The molecule has 1 atom stereocenters. The van der Waals surface area contributed by atoms with Gasteiger partial charge in [-0.1, -0.05) is 12.1 Å². The first-order valence-corrected chi connectivity index (χ1v) is 12.2. The van der Waals surface area contributed by atoms with E-state index in [2.05, 4.69) is 26.0 Å². The molecule has 0 spiro atoms. The summed E-state index contributed by atoms with van der Waals surface area (Å²) in [7, 11) is 0. The molecule has 11 heteroatoms. The van der Waals surface area contributed by atoms with Crippen molar-refractivity contribution in [1.82, 2.24) is 20.3 Å². The van der Waals surface area contributed by atoms with Crippen LogP contribution in [-0.4, -0.2) is 51.1 Å². The van der Waals surface area contributed by atoms with Gasteiger partial charge in [0.25, 0.3) is 0 Å². The summed E-state index contributed by atoms with van der Waals surface area (Å²) in [6.45, 7) is 8.50. The molecule has 8 nitrogen and oxygen atoms in total. The highest BCUT2D eigenvalue weighted by Gasteiger charge is 2.31. The van der Waals surface area contributed by atoms with E-state index in [-0.39, 0.29) is 12.1 Å². The van der Waals surface area contributed by atoms with E-state index < -0.39 is 23.4 Å². The molecule has 1 aromatic heterocycles. The van der Waals surface area contributed by atoms with Gasteiger partial charge in [-0.2, -0.15) is 13.2 Å². The molecule has 0 bridgehead atoms. The molecule has 198 valence electrons. The van der Waals surface area contributed by atoms with Gasteiger partial charge in [-0.3, -0.25) is 0 Å². The van der Waals surface area contributed by atoms with Crippen LogP contribution >= 0.6 is 0 Å². The van der Waals surface area contributed by atoms with Gasteiger partial charge in [-0.25, -0.2) is 4.79 Å². The molecule has 1 saturated heterocycles. The van der Waals surface area contributed by atoms with E-state index in [9.17, 15) is 18.0 Å². The third-order valence-corrected chi connectivity index (χ3v) is 6.13. The second kappa shape index (κ2) is 10.4. The van der Waals surface area contributed by atoms with Gasteiger partial charge < -0.3 is 20.3 Å². The van der Waals surface area contributed by atoms with E-state index in [0.717, 1.165) is 30.7 Å². The minimum atomic E-state index is -4.41. The molecular weight excluding hydrogens is 485 g/mol. The number of ether oxygens (including phenoxy) is 1. The molecule has 0 saturated carbocycles. The van der Waals surface area contributed by atoms with Crippen LogP contribution in [0.5, 0.6) is 0 Å². The first-order chi connectivity index (χ1) is 17.4. The van der Waals surface area contributed by atoms with Gasteiger partial charge in [0.05, 0.1) is 17.1 Å². The Morgan fingerprint density at radius 2 is 1.81 bits per heavy atom. The second-order valence-corrected chi connectivity index (χ2v) is 10.2. The first-order valence-electron chi connectivity index (χ1n) is 12.2. The lowest BCUT2D eigenvalue weighted by atomic mass is 10.0. The smallest absolute Gasteiger partial charge is 0.416 e. The fourth-order valence-electron chi connectivity index (χ4n) is 4.22. The molecule has 37 heavy (non-hydrogen) atoms. The zero-order valence-corrected chi connectivity index (χ0v) is 21.3. The molecular formula is C26H31F3N6O2. The van der Waals surface area contributed by atoms with Crippen LogP contribution in [-0.2, 0) is 10.9 Å². The number of rotatable bonds is 5. The summed E-state index contributed by atoms with van der Waals surface area (Å²) in [5.41, 5.74) is 0.714. The zero-order chi connectivity index (χ0) is 26.8. The van der Waals surface area contributed by atoms with Gasteiger partial charge in [0.2, 0.25) is 0 Å².